The minimum absolute atomic E-state index is 0. The number of carbonyl (C=O) groups excluding carboxylic acids is 1. The second-order valence-corrected chi connectivity index (χ2v) is 7.89. The summed E-state index contributed by atoms with van der Waals surface area (Å²) in [6, 6.07) is 8.95. The number of benzene rings is 2. The third kappa shape index (κ3) is 4.20. The summed E-state index contributed by atoms with van der Waals surface area (Å²) in [6.07, 6.45) is 3.87. The Balaban J connectivity index is 0.00000231. The SMILES string of the molecule is Cl.O=C(CCN1CCC(c2noc3cc(F)ccc23)CC1)c1c[nH]c2ccc(F)cc12. The van der Waals surface area contributed by atoms with E-state index in [0.29, 0.717) is 29.5 Å². The smallest absolute Gasteiger partial charge is 0.170 e. The lowest BCUT2D eigenvalue weighted by Gasteiger charge is -2.30. The van der Waals surface area contributed by atoms with Crippen LogP contribution in [0.25, 0.3) is 21.9 Å². The number of nitrogens with one attached hydrogen (secondary N) is 1. The number of rotatable bonds is 5. The third-order valence-electron chi connectivity index (χ3n) is 6.04. The van der Waals surface area contributed by atoms with Crippen molar-refractivity contribution in [1.29, 1.82) is 0 Å². The first-order valence-electron chi connectivity index (χ1n) is 10.2. The van der Waals surface area contributed by atoms with Gasteiger partial charge in [-0.15, -0.1) is 12.4 Å². The molecule has 162 valence electrons. The molecule has 0 saturated carbocycles. The number of H-pyrrole nitrogens is 1. The summed E-state index contributed by atoms with van der Waals surface area (Å²) in [5, 5.41) is 5.69. The zero-order valence-electron chi connectivity index (χ0n) is 16.7. The fourth-order valence-corrected chi connectivity index (χ4v) is 4.37. The predicted molar refractivity (Wildman–Crippen MR) is 117 cm³/mol. The minimum Gasteiger partial charge on any atom is -0.360 e. The summed E-state index contributed by atoms with van der Waals surface area (Å²) >= 11 is 0. The van der Waals surface area contributed by atoms with E-state index >= 15 is 0 Å². The normalized spacial score (nSPS) is 15.4. The summed E-state index contributed by atoms with van der Waals surface area (Å²) in [6.45, 7) is 2.38. The summed E-state index contributed by atoms with van der Waals surface area (Å²) in [5.74, 6) is -0.400. The molecule has 0 spiro atoms. The second kappa shape index (κ2) is 8.77. The van der Waals surface area contributed by atoms with E-state index in [-0.39, 0.29) is 35.7 Å². The molecule has 5 nitrogen and oxygen atoms in total. The average Bonchev–Trinajstić information content (AvgIpc) is 3.36. The Bertz CT molecular complexity index is 1230. The van der Waals surface area contributed by atoms with Crippen LogP contribution in [-0.2, 0) is 0 Å². The van der Waals surface area contributed by atoms with Crippen molar-refractivity contribution in [2.75, 3.05) is 19.6 Å². The van der Waals surface area contributed by atoms with Crippen molar-refractivity contribution in [3.8, 4) is 0 Å². The van der Waals surface area contributed by atoms with E-state index in [1.54, 1.807) is 18.3 Å². The van der Waals surface area contributed by atoms with Crippen molar-refractivity contribution >= 4 is 40.1 Å². The van der Waals surface area contributed by atoms with Crippen molar-refractivity contribution in [2.45, 2.75) is 25.2 Å². The van der Waals surface area contributed by atoms with Crippen molar-refractivity contribution in [3.05, 3.63) is 65.5 Å². The van der Waals surface area contributed by atoms with Crippen LogP contribution in [0.4, 0.5) is 8.78 Å². The van der Waals surface area contributed by atoms with E-state index in [2.05, 4.69) is 15.0 Å². The van der Waals surface area contributed by atoms with Gasteiger partial charge in [-0.2, -0.15) is 0 Å². The molecule has 3 heterocycles. The van der Waals surface area contributed by atoms with Crippen molar-refractivity contribution in [3.63, 3.8) is 0 Å². The molecule has 0 aliphatic carbocycles. The molecule has 2 aromatic carbocycles. The number of halogens is 3. The number of aromatic amines is 1. The molecule has 0 atom stereocenters. The van der Waals surface area contributed by atoms with Crippen LogP contribution < -0.4 is 0 Å². The van der Waals surface area contributed by atoms with Crippen molar-refractivity contribution in [2.24, 2.45) is 0 Å². The lowest BCUT2D eigenvalue weighted by molar-refractivity contribution is 0.0958. The molecule has 1 N–H and O–H groups in total. The number of carbonyl (C=O) groups is 1. The number of hydrogen-bond acceptors (Lipinski definition) is 4. The molecule has 0 bridgehead atoms. The van der Waals surface area contributed by atoms with Gasteiger partial charge in [0.2, 0.25) is 0 Å². The lowest BCUT2D eigenvalue weighted by atomic mass is 9.91. The molecule has 1 aliphatic heterocycles. The standard InChI is InChI=1S/C23H21F2N3O2.ClH/c24-15-2-4-20-18(11-15)19(13-26-20)21(29)7-10-28-8-5-14(6-9-28)23-17-3-1-16(25)12-22(17)30-27-23;/h1-4,11-14,26H,5-10H2;1H. The van der Waals surface area contributed by atoms with Crippen LogP contribution >= 0.6 is 12.4 Å². The molecule has 8 heteroatoms. The quantitative estimate of drug-likeness (QED) is 0.414. The Hall–Kier alpha value is -2.77. The average molecular weight is 446 g/mol. The van der Waals surface area contributed by atoms with Crippen LogP contribution in [0.2, 0.25) is 0 Å². The number of nitrogens with zero attached hydrogens (tertiary/aromatic N) is 2. The summed E-state index contributed by atoms with van der Waals surface area (Å²) in [7, 11) is 0. The number of hydrogen-bond donors (Lipinski definition) is 1. The van der Waals surface area contributed by atoms with Gasteiger partial charge in [0, 0.05) is 53.0 Å². The largest absolute Gasteiger partial charge is 0.360 e. The van der Waals surface area contributed by atoms with Crippen LogP contribution in [0.5, 0.6) is 0 Å². The molecule has 4 aromatic rings. The molecule has 0 unspecified atom stereocenters. The fraction of sp³-hybridized carbons (Fsp3) is 0.304. The number of ketones is 1. The third-order valence-corrected chi connectivity index (χ3v) is 6.04. The topological polar surface area (TPSA) is 62.1 Å². The highest BCUT2D eigenvalue weighted by Gasteiger charge is 2.25. The number of aromatic nitrogens is 2. The van der Waals surface area contributed by atoms with E-state index in [9.17, 15) is 13.6 Å². The fourth-order valence-electron chi connectivity index (χ4n) is 4.37. The van der Waals surface area contributed by atoms with Crippen LogP contribution in [0.1, 0.15) is 41.2 Å². The lowest BCUT2D eigenvalue weighted by Crippen LogP contribution is -2.34. The van der Waals surface area contributed by atoms with E-state index in [1.165, 1.54) is 24.3 Å². The van der Waals surface area contributed by atoms with Gasteiger partial charge in [0.1, 0.15) is 11.6 Å². The van der Waals surface area contributed by atoms with Crippen molar-refractivity contribution in [1.82, 2.24) is 15.0 Å². The molecule has 1 saturated heterocycles. The number of fused-ring (bicyclic) bond motifs is 2. The Morgan fingerprint density at radius 1 is 1.10 bits per heavy atom. The molecular weight excluding hydrogens is 424 g/mol. The predicted octanol–water partition coefficient (Wildman–Crippen LogP) is 5.46. The van der Waals surface area contributed by atoms with Gasteiger partial charge in [-0.1, -0.05) is 5.16 Å². The number of piperidine rings is 1. The first-order chi connectivity index (χ1) is 14.6. The molecule has 1 fully saturated rings. The summed E-state index contributed by atoms with van der Waals surface area (Å²) in [5.41, 5.74) is 2.68. The molecular formula is C23H22ClF2N3O2. The van der Waals surface area contributed by atoms with Gasteiger partial charge in [-0.25, -0.2) is 8.78 Å². The Kier molecular flexibility index (Phi) is 6.07. The highest BCUT2D eigenvalue weighted by molar-refractivity contribution is 6.07. The van der Waals surface area contributed by atoms with Gasteiger partial charge >= 0.3 is 0 Å². The van der Waals surface area contributed by atoms with Gasteiger partial charge in [0.15, 0.2) is 11.4 Å². The van der Waals surface area contributed by atoms with E-state index in [0.717, 1.165) is 42.5 Å². The molecule has 0 radical (unpaired) electrons. The van der Waals surface area contributed by atoms with Gasteiger partial charge in [-0.3, -0.25) is 4.79 Å². The Morgan fingerprint density at radius 2 is 1.84 bits per heavy atom. The van der Waals surface area contributed by atoms with Crippen LogP contribution in [0, 0.1) is 11.6 Å². The van der Waals surface area contributed by atoms with Crippen LogP contribution in [-0.4, -0.2) is 40.5 Å². The van der Waals surface area contributed by atoms with E-state index in [4.69, 9.17) is 4.52 Å². The zero-order chi connectivity index (χ0) is 20.7. The maximum atomic E-state index is 13.5. The molecule has 0 amide bonds. The first-order valence-corrected chi connectivity index (χ1v) is 10.2. The highest BCUT2D eigenvalue weighted by atomic mass is 35.5. The maximum Gasteiger partial charge on any atom is 0.170 e. The zero-order valence-corrected chi connectivity index (χ0v) is 17.6. The second-order valence-electron chi connectivity index (χ2n) is 7.89. The van der Waals surface area contributed by atoms with E-state index < -0.39 is 0 Å². The molecule has 1 aliphatic rings. The molecule has 5 rings (SSSR count). The van der Waals surface area contributed by atoms with Crippen molar-refractivity contribution < 1.29 is 18.1 Å². The minimum atomic E-state index is -0.346. The van der Waals surface area contributed by atoms with Gasteiger partial charge < -0.3 is 14.4 Å². The monoisotopic (exact) mass is 445 g/mol. The molecule has 31 heavy (non-hydrogen) atoms. The molecule has 2 aromatic heterocycles. The van der Waals surface area contributed by atoms with E-state index in [1.807, 2.05) is 0 Å². The maximum absolute atomic E-state index is 13.5. The van der Waals surface area contributed by atoms with Gasteiger partial charge in [-0.05, 0) is 56.3 Å². The first kappa shape index (κ1) is 21.5. The highest BCUT2D eigenvalue weighted by Crippen LogP contribution is 2.33. The number of Topliss-reactive ketones (excluding diaryl/α,β-unsaturated/α-hetero) is 1. The Morgan fingerprint density at radius 3 is 2.65 bits per heavy atom. The Labute approximate surface area is 183 Å². The van der Waals surface area contributed by atoms with Gasteiger partial charge in [0.25, 0.3) is 0 Å². The van der Waals surface area contributed by atoms with Crippen LogP contribution in [0.15, 0.2) is 47.1 Å². The summed E-state index contributed by atoms with van der Waals surface area (Å²) < 4.78 is 32.2. The number of likely N-dealkylation sites (tertiary alicyclic amines) is 1. The van der Waals surface area contributed by atoms with Gasteiger partial charge in [0.05, 0.1) is 5.69 Å². The van der Waals surface area contributed by atoms with Crippen LogP contribution in [0.3, 0.4) is 0 Å². The summed E-state index contributed by atoms with van der Waals surface area (Å²) in [4.78, 5) is 18.0.